The van der Waals surface area contributed by atoms with E-state index in [1.807, 2.05) is 12.1 Å². The Kier molecular flexibility index (Phi) is 5.99. The van der Waals surface area contributed by atoms with Gasteiger partial charge in [0.1, 0.15) is 0 Å². The van der Waals surface area contributed by atoms with Crippen molar-refractivity contribution in [1.29, 1.82) is 0 Å². The maximum Gasteiger partial charge on any atom is 0.253 e. The van der Waals surface area contributed by atoms with Crippen LogP contribution in [0.5, 0.6) is 0 Å². The van der Waals surface area contributed by atoms with E-state index in [0.29, 0.717) is 17.0 Å². The van der Waals surface area contributed by atoms with Gasteiger partial charge in [-0.25, -0.2) is 13.1 Å². The predicted octanol–water partition coefficient (Wildman–Crippen LogP) is 2.56. The summed E-state index contributed by atoms with van der Waals surface area (Å²) in [5, 5.41) is 0.622. The molecule has 0 saturated heterocycles. The zero-order chi connectivity index (χ0) is 17.7. The fourth-order valence-corrected chi connectivity index (χ4v) is 3.39. The lowest BCUT2D eigenvalue weighted by molar-refractivity contribution is 0.0827. The summed E-state index contributed by atoms with van der Waals surface area (Å²) in [4.78, 5) is 13.4. The van der Waals surface area contributed by atoms with E-state index in [0.717, 1.165) is 5.56 Å². The first-order chi connectivity index (χ1) is 11.3. The van der Waals surface area contributed by atoms with Crippen molar-refractivity contribution in [1.82, 2.24) is 9.62 Å². The van der Waals surface area contributed by atoms with Gasteiger partial charge >= 0.3 is 0 Å². The Labute approximate surface area is 147 Å². The van der Waals surface area contributed by atoms with Crippen LogP contribution in [0.2, 0.25) is 5.02 Å². The number of sulfonamides is 1. The highest BCUT2D eigenvalue weighted by atomic mass is 35.5. The number of rotatable bonds is 6. The van der Waals surface area contributed by atoms with Crippen LogP contribution in [0.3, 0.4) is 0 Å². The molecule has 0 spiro atoms. The highest BCUT2D eigenvalue weighted by molar-refractivity contribution is 7.89. The number of carbonyl (C=O) groups is 1. The molecule has 0 heterocycles. The molecule has 0 fully saturated rings. The molecule has 0 bridgehead atoms. The second kappa shape index (κ2) is 7.79. The van der Waals surface area contributed by atoms with E-state index in [4.69, 9.17) is 11.6 Å². The Morgan fingerprint density at radius 1 is 1.12 bits per heavy atom. The zero-order valence-electron chi connectivity index (χ0n) is 13.5. The second-order valence-electron chi connectivity index (χ2n) is 5.50. The number of benzene rings is 2. The fourth-order valence-electron chi connectivity index (χ4n) is 2.14. The first kappa shape index (κ1) is 18.4. The van der Waals surface area contributed by atoms with Crippen LogP contribution in [0.25, 0.3) is 0 Å². The molecule has 5 nitrogen and oxygen atoms in total. The number of halogens is 1. The van der Waals surface area contributed by atoms with Crippen LogP contribution in [-0.4, -0.2) is 39.9 Å². The smallest absolute Gasteiger partial charge is 0.253 e. The van der Waals surface area contributed by atoms with E-state index in [2.05, 4.69) is 4.72 Å². The highest BCUT2D eigenvalue weighted by Crippen LogP contribution is 2.13. The van der Waals surface area contributed by atoms with Gasteiger partial charge in [0.2, 0.25) is 10.0 Å². The molecular formula is C17H19ClN2O3S. The summed E-state index contributed by atoms with van der Waals surface area (Å²) < 4.78 is 27.1. The van der Waals surface area contributed by atoms with Crippen molar-refractivity contribution in [3.8, 4) is 0 Å². The number of amides is 1. The molecule has 0 atom stereocenters. The van der Waals surface area contributed by atoms with Crippen molar-refractivity contribution in [3.63, 3.8) is 0 Å². The maximum absolute atomic E-state index is 12.3. The van der Waals surface area contributed by atoms with Gasteiger partial charge in [-0.05, 0) is 48.4 Å². The molecule has 2 rings (SSSR count). The molecule has 0 aliphatic rings. The minimum atomic E-state index is -3.61. The average Bonchev–Trinajstić information content (AvgIpc) is 2.54. The van der Waals surface area contributed by atoms with E-state index in [-0.39, 0.29) is 17.3 Å². The molecule has 0 aliphatic heterocycles. The highest BCUT2D eigenvalue weighted by Gasteiger charge is 2.15. The number of carbonyl (C=O) groups excluding carboxylic acids is 1. The molecule has 2 aromatic rings. The molecule has 1 amide bonds. The van der Waals surface area contributed by atoms with E-state index in [1.165, 1.54) is 29.2 Å². The quantitative estimate of drug-likeness (QED) is 0.854. The van der Waals surface area contributed by atoms with Gasteiger partial charge in [0.25, 0.3) is 5.91 Å². The van der Waals surface area contributed by atoms with Crippen molar-refractivity contribution in [2.24, 2.45) is 0 Å². The van der Waals surface area contributed by atoms with Crippen LogP contribution in [0.1, 0.15) is 15.9 Å². The van der Waals surface area contributed by atoms with Crippen LogP contribution in [0.4, 0.5) is 0 Å². The predicted molar refractivity (Wildman–Crippen MR) is 94.8 cm³/mol. The summed E-state index contributed by atoms with van der Waals surface area (Å²) in [6, 6.07) is 13.2. The topological polar surface area (TPSA) is 66.5 Å². The SMILES string of the molecule is CN(C)C(=O)c1ccc(S(=O)(=O)NCCc2cccc(Cl)c2)cc1. The molecule has 0 unspecified atom stereocenters. The van der Waals surface area contributed by atoms with Crippen molar-refractivity contribution < 1.29 is 13.2 Å². The monoisotopic (exact) mass is 366 g/mol. The zero-order valence-corrected chi connectivity index (χ0v) is 15.1. The van der Waals surface area contributed by atoms with Gasteiger partial charge in [-0.1, -0.05) is 23.7 Å². The number of nitrogens with zero attached hydrogens (tertiary/aromatic N) is 1. The molecule has 24 heavy (non-hydrogen) atoms. The first-order valence-electron chi connectivity index (χ1n) is 7.35. The third-order valence-electron chi connectivity index (χ3n) is 3.41. The van der Waals surface area contributed by atoms with Crippen LogP contribution < -0.4 is 4.72 Å². The van der Waals surface area contributed by atoms with Gasteiger partial charge < -0.3 is 4.90 Å². The van der Waals surface area contributed by atoms with Gasteiger partial charge in [0.05, 0.1) is 4.90 Å². The lowest BCUT2D eigenvalue weighted by Gasteiger charge is -2.11. The van der Waals surface area contributed by atoms with Gasteiger partial charge in [0.15, 0.2) is 0 Å². The Hall–Kier alpha value is -1.89. The Bertz CT molecular complexity index is 818. The molecule has 0 aromatic heterocycles. The lowest BCUT2D eigenvalue weighted by atomic mass is 10.2. The summed E-state index contributed by atoms with van der Waals surface area (Å²) >= 11 is 5.90. The maximum atomic E-state index is 12.3. The van der Waals surface area contributed by atoms with Crippen molar-refractivity contribution >= 4 is 27.5 Å². The summed E-state index contributed by atoms with van der Waals surface area (Å²) in [6.07, 6.45) is 0.539. The van der Waals surface area contributed by atoms with E-state index < -0.39 is 10.0 Å². The summed E-state index contributed by atoms with van der Waals surface area (Å²) in [7, 11) is -0.325. The van der Waals surface area contributed by atoms with Crippen molar-refractivity contribution in [3.05, 3.63) is 64.7 Å². The molecule has 0 aliphatic carbocycles. The lowest BCUT2D eigenvalue weighted by Crippen LogP contribution is -2.26. The first-order valence-corrected chi connectivity index (χ1v) is 9.21. The number of hydrogen-bond donors (Lipinski definition) is 1. The van der Waals surface area contributed by atoms with Crippen LogP contribution in [-0.2, 0) is 16.4 Å². The molecular weight excluding hydrogens is 348 g/mol. The average molecular weight is 367 g/mol. The number of nitrogens with one attached hydrogen (secondary N) is 1. The Morgan fingerprint density at radius 2 is 1.79 bits per heavy atom. The second-order valence-corrected chi connectivity index (χ2v) is 7.71. The fraction of sp³-hybridized carbons (Fsp3) is 0.235. The van der Waals surface area contributed by atoms with E-state index >= 15 is 0 Å². The van der Waals surface area contributed by atoms with E-state index in [9.17, 15) is 13.2 Å². The Morgan fingerprint density at radius 3 is 2.38 bits per heavy atom. The molecule has 7 heteroatoms. The van der Waals surface area contributed by atoms with Crippen molar-refractivity contribution in [2.45, 2.75) is 11.3 Å². The van der Waals surface area contributed by atoms with Crippen LogP contribution in [0.15, 0.2) is 53.4 Å². The third kappa shape index (κ3) is 4.80. The minimum Gasteiger partial charge on any atom is -0.345 e. The minimum absolute atomic E-state index is 0.129. The van der Waals surface area contributed by atoms with Crippen molar-refractivity contribution in [2.75, 3.05) is 20.6 Å². The van der Waals surface area contributed by atoms with Gasteiger partial charge in [-0.15, -0.1) is 0 Å². The van der Waals surface area contributed by atoms with Crippen LogP contribution in [0, 0.1) is 0 Å². The Balaban J connectivity index is 2.01. The normalized spacial score (nSPS) is 11.3. The third-order valence-corrected chi connectivity index (χ3v) is 5.12. The largest absolute Gasteiger partial charge is 0.345 e. The van der Waals surface area contributed by atoms with Gasteiger partial charge in [0, 0.05) is 31.2 Å². The molecule has 0 saturated carbocycles. The van der Waals surface area contributed by atoms with Gasteiger partial charge in [-0.2, -0.15) is 0 Å². The molecule has 1 N–H and O–H groups in total. The molecule has 128 valence electrons. The summed E-state index contributed by atoms with van der Waals surface area (Å²) in [5.41, 5.74) is 1.40. The van der Waals surface area contributed by atoms with E-state index in [1.54, 1.807) is 26.2 Å². The standard InChI is InChI=1S/C17H19ClN2O3S/c1-20(2)17(21)14-6-8-16(9-7-14)24(22,23)19-11-10-13-4-3-5-15(18)12-13/h3-9,12,19H,10-11H2,1-2H3. The van der Waals surface area contributed by atoms with Gasteiger partial charge in [-0.3, -0.25) is 4.79 Å². The summed E-state index contributed by atoms with van der Waals surface area (Å²) in [6.45, 7) is 0.265. The molecule has 0 radical (unpaired) electrons. The van der Waals surface area contributed by atoms with Crippen LogP contribution >= 0.6 is 11.6 Å². The molecule has 2 aromatic carbocycles. The number of hydrogen-bond acceptors (Lipinski definition) is 3. The summed E-state index contributed by atoms with van der Waals surface area (Å²) in [5.74, 6) is -0.173.